The molecule has 4 rings (SSSR count). The Hall–Kier alpha value is -4.30. The Kier molecular flexibility index (Phi) is 8.80. The zero-order valence-corrected chi connectivity index (χ0v) is 23.8. The molecule has 0 saturated heterocycles. The van der Waals surface area contributed by atoms with Crippen LogP contribution in [-0.2, 0) is 14.8 Å². The summed E-state index contributed by atoms with van der Waals surface area (Å²) in [6, 6.07) is 10.3. The van der Waals surface area contributed by atoms with Crippen LogP contribution < -0.4 is 18.9 Å². The number of sulfonamides is 1. The van der Waals surface area contributed by atoms with Gasteiger partial charge in [0.25, 0.3) is 0 Å². The molecule has 0 aliphatic rings. The highest BCUT2D eigenvalue weighted by atomic mass is 32.2. The largest absolute Gasteiger partial charge is 0.494 e. The molecule has 0 fully saturated rings. The second kappa shape index (κ2) is 12.3. The molecule has 3 heterocycles. The topological polar surface area (TPSA) is 152 Å². The Morgan fingerprint density at radius 3 is 2.33 bits per heavy atom. The normalized spacial score (nSPS) is 12.9. The number of nitrogens with zero attached hydrogens (tertiary/aromatic N) is 6. The van der Waals surface area contributed by atoms with E-state index in [2.05, 4.69) is 29.9 Å². The Labute approximate surface area is 232 Å². The molecule has 14 heteroatoms. The van der Waals surface area contributed by atoms with Crippen LogP contribution >= 0.6 is 0 Å². The van der Waals surface area contributed by atoms with Crippen molar-refractivity contribution < 1.29 is 27.4 Å². The van der Waals surface area contributed by atoms with E-state index in [1.807, 2.05) is 13.8 Å². The zero-order valence-electron chi connectivity index (χ0n) is 23.0. The molecule has 40 heavy (non-hydrogen) atoms. The van der Waals surface area contributed by atoms with Crippen LogP contribution in [0.4, 0.5) is 5.95 Å². The molecule has 0 saturated carbocycles. The first-order valence-corrected chi connectivity index (χ1v) is 13.9. The average molecular weight is 570 g/mol. The van der Waals surface area contributed by atoms with Crippen LogP contribution in [0.3, 0.4) is 0 Å². The highest BCUT2D eigenvalue weighted by Gasteiger charge is 2.35. The third-order valence-electron chi connectivity index (χ3n) is 5.99. The van der Waals surface area contributed by atoms with Crippen LogP contribution in [0.2, 0.25) is 0 Å². The minimum atomic E-state index is -4.14. The maximum absolute atomic E-state index is 13.7. The predicted molar refractivity (Wildman–Crippen MR) is 147 cm³/mol. The van der Waals surface area contributed by atoms with Crippen molar-refractivity contribution in [3.63, 3.8) is 0 Å². The minimum absolute atomic E-state index is 0.114. The summed E-state index contributed by atoms with van der Waals surface area (Å²) in [6.45, 7) is 5.52. The van der Waals surface area contributed by atoms with E-state index in [1.165, 1.54) is 32.8 Å². The third-order valence-corrected chi connectivity index (χ3v) is 7.68. The van der Waals surface area contributed by atoms with E-state index in [9.17, 15) is 8.42 Å². The summed E-state index contributed by atoms with van der Waals surface area (Å²) in [5, 5.41) is 7.37. The van der Waals surface area contributed by atoms with Crippen molar-refractivity contribution >= 4 is 16.0 Å². The molecule has 0 bridgehead atoms. The van der Waals surface area contributed by atoms with Crippen molar-refractivity contribution in [2.75, 3.05) is 32.7 Å². The van der Waals surface area contributed by atoms with Gasteiger partial charge in [-0.25, -0.2) is 23.4 Å². The lowest BCUT2D eigenvalue weighted by molar-refractivity contribution is 0.0949. The molecule has 212 valence electrons. The smallest absolute Gasteiger partial charge is 0.243 e. The minimum Gasteiger partial charge on any atom is -0.494 e. The number of aryl methyl sites for hydroxylation is 1. The van der Waals surface area contributed by atoms with Crippen molar-refractivity contribution in [1.29, 1.82) is 0 Å². The van der Waals surface area contributed by atoms with Crippen molar-refractivity contribution in [3.8, 4) is 34.6 Å². The van der Waals surface area contributed by atoms with Gasteiger partial charge in [0.1, 0.15) is 34.2 Å². The van der Waals surface area contributed by atoms with E-state index in [0.717, 1.165) is 5.56 Å². The summed E-state index contributed by atoms with van der Waals surface area (Å²) in [4.78, 5) is 13.0. The third kappa shape index (κ3) is 5.82. The maximum Gasteiger partial charge on any atom is 0.243 e. The number of ether oxygens (including phenoxy) is 4. The first kappa shape index (κ1) is 28.7. The summed E-state index contributed by atoms with van der Waals surface area (Å²) in [6.07, 6.45) is 2.24. The van der Waals surface area contributed by atoms with Gasteiger partial charge in [-0.15, -0.1) is 10.2 Å². The summed E-state index contributed by atoms with van der Waals surface area (Å²) in [5.74, 6) is 1.50. The van der Waals surface area contributed by atoms with Gasteiger partial charge in [-0.1, -0.05) is 12.1 Å². The lowest BCUT2D eigenvalue weighted by Crippen LogP contribution is -2.33. The number of hydrogen-bond acceptors (Lipinski definition) is 11. The molecule has 1 N–H and O–H groups in total. The molecule has 0 amide bonds. The quantitative estimate of drug-likeness (QED) is 0.267. The van der Waals surface area contributed by atoms with Crippen molar-refractivity contribution in [2.24, 2.45) is 0 Å². The van der Waals surface area contributed by atoms with E-state index >= 15 is 0 Å². The Bertz CT molecular complexity index is 1560. The van der Waals surface area contributed by atoms with Gasteiger partial charge in [0.2, 0.25) is 21.9 Å². The molecule has 1 aromatic carbocycles. The van der Waals surface area contributed by atoms with Gasteiger partial charge in [-0.2, -0.15) is 0 Å². The molecule has 0 aliphatic carbocycles. The second-order valence-electron chi connectivity index (χ2n) is 8.61. The number of rotatable bonds is 12. The number of hydrogen-bond donors (Lipinski definition) is 1. The van der Waals surface area contributed by atoms with E-state index in [-0.39, 0.29) is 17.6 Å². The number of pyridine rings is 1. The number of benzene rings is 1. The van der Waals surface area contributed by atoms with Crippen LogP contribution in [0.15, 0.2) is 48.8 Å². The fourth-order valence-electron chi connectivity index (χ4n) is 3.98. The van der Waals surface area contributed by atoms with Gasteiger partial charge in [-0.3, -0.25) is 9.29 Å². The van der Waals surface area contributed by atoms with Crippen LogP contribution in [-0.4, -0.2) is 71.3 Å². The molecular weight excluding hydrogens is 538 g/mol. The number of para-hydroxylation sites is 1. The average Bonchev–Trinajstić information content (AvgIpc) is 3.36. The van der Waals surface area contributed by atoms with Crippen molar-refractivity contribution in [1.82, 2.24) is 29.7 Å². The number of methoxy groups -OCH3 is 3. The highest BCUT2D eigenvalue weighted by Crippen LogP contribution is 2.38. The molecule has 0 aliphatic heterocycles. The monoisotopic (exact) mass is 569 g/mol. The summed E-state index contributed by atoms with van der Waals surface area (Å²) in [7, 11) is 0.250. The van der Waals surface area contributed by atoms with Gasteiger partial charge in [0.15, 0.2) is 11.6 Å². The van der Waals surface area contributed by atoms with Gasteiger partial charge in [0.05, 0.1) is 20.8 Å². The number of anilines is 1. The highest BCUT2D eigenvalue weighted by molar-refractivity contribution is 7.93. The SMILES string of the molecule is CCOc1cccc(OC)c1-n1c(NS(=O)(=O)C(C)C(OC)c2ncc(C)cn2)nnc1-c1cccc(OC)n1. The molecular formula is C26H31N7O6S. The first-order valence-electron chi connectivity index (χ1n) is 12.3. The zero-order chi connectivity index (χ0) is 28.9. The van der Waals surface area contributed by atoms with Gasteiger partial charge in [0, 0.05) is 25.6 Å². The van der Waals surface area contributed by atoms with E-state index in [4.69, 9.17) is 18.9 Å². The second-order valence-corrected chi connectivity index (χ2v) is 10.7. The number of aromatic nitrogens is 6. The van der Waals surface area contributed by atoms with E-state index in [1.54, 1.807) is 48.8 Å². The molecule has 3 aromatic heterocycles. The summed E-state index contributed by atoms with van der Waals surface area (Å²) >= 11 is 0. The molecule has 13 nitrogen and oxygen atoms in total. The standard InChI is InChI=1S/C26H31N7O6S/c1-7-39-20-12-9-11-19(36-4)22(20)33-25(18-10-8-13-21(29-18)37-5)30-31-26(33)32-40(34,35)17(3)23(38-6)24-27-14-16(2)15-28-24/h8-15,17,23H,7H2,1-6H3,(H,31,32). The fourth-order valence-corrected chi connectivity index (χ4v) is 5.11. The van der Waals surface area contributed by atoms with Crippen molar-refractivity contribution in [2.45, 2.75) is 32.1 Å². The van der Waals surface area contributed by atoms with Gasteiger partial charge in [-0.05, 0) is 44.5 Å². The Morgan fingerprint density at radius 1 is 0.975 bits per heavy atom. The van der Waals surface area contributed by atoms with Crippen LogP contribution in [0.25, 0.3) is 17.2 Å². The van der Waals surface area contributed by atoms with Crippen LogP contribution in [0.5, 0.6) is 17.4 Å². The predicted octanol–water partition coefficient (Wildman–Crippen LogP) is 3.36. The summed E-state index contributed by atoms with van der Waals surface area (Å²) in [5.41, 5.74) is 1.59. The van der Waals surface area contributed by atoms with E-state index < -0.39 is 21.4 Å². The Morgan fingerprint density at radius 2 is 1.68 bits per heavy atom. The van der Waals surface area contributed by atoms with Crippen LogP contribution in [0, 0.1) is 6.92 Å². The maximum atomic E-state index is 13.7. The molecule has 2 atom stereocenters. The first-order chi connectivity index (χ1) is 19.2. The lowest BCUT2D eigenvalue weighted by Gasteiger charge is -2.23. The van der Waals surface area contributed by atoms with E-state index in [0.29, 0.717) is 35.4 Å². The van der Waals surface area contributed by atoms with Gasteiger partial charge < -0.3 is 18.9 Å². The number of nitrogens with one attached hydrogen (secondary N) is 1. The summed E-state index contributed by atoms with van der Waals surface area (Å²) < 4.78 is 53.8. The van der Waals surface area contributed by atoms with Gasteiger partial charge >= 0.3 is 0 Å². The Balaban J connectivity index is 1.86. The molecule has 0 radical (unpaired) electrons. The fraction of sp³-hybridized carbons (Fsp3) is 0.346. The molecule has 0 spiro atoms. The molecule has 4 aromatic rings. The van der Waals surface area contributed by atoms with Crippen molar-refractivity contribution in [3.05, 3.63) is 60.2 Å². The molecule has 2 unspecified atom stereocenters. The lowest BCUT2D eigenvalue weighted by atomic mass is 10.2. The van der Waals surface area contributed by atoms with Crippen LogP contribution in [0.1, 0.15) is 31.3 Å².